The molecule has 2 aromatic heterocycles. The van der Waals surface area contributed by atoms with Crippen molar-refractivity contribution in [3.8, 4) is 22.9 Å². The summed E-state index contributed by atoms with van der Waals surface area (Å²) < 4.78 is 10.6. The van der Waals surface area contributed by atoms with E-state index >= 15 is 0 Å². The van der Waals surface area contributed by atoms with E-state index in [1.165, 1.54) is 6.20 Å². The maximum Gasteiger partial charge on any atom is 0.278 e. The molecule has 0 atom stereocenters. The Balaban J connectivity index is 1.83. The zero-order valence-corrected chi connectivity index (χ0v) is 17.8. The lowest BCUT2D eigenvalue weighted by molar-refractivity contribution is 0.102. The lowest BCUT2D eigenvalue weighted by atomic mass is 10.2. The molecule has 158 valence electrons. The predicted octanol–water partition coefficient (Wildman–Crippen LogP) is 3.03. The topological polar surface area (TPSA) is 118 Å². The third-order valence-corrected chi connectivity index (χ3v) is 4.64. The van der Waals surface area contributed by atoms with E-state index in [0.29, 0.717) is 41.9 Å². The number of aromatic amines is 1. The highest BCUT2D eigenvalue weighted by atomic mass is 35.5. The van der Waals surface area contributed by atoms with Crippen LogP contribution in [0, 0.1) is 0 Å². The van der Waals surface area contributed by atoms with Crippen LogP contribution in [0.1, 0.15) is 24.3 Å². The van der Waals surface area contributed by atoms with E-state index in [9.17, 15) is 4.79 Å². The van der Waals surface area contributed by atoms with Gasteiger partial charge in [0.2, 0.25) is 11.9 Å². The summed E-state index contributed by atoms with van der Waals surface area (Å²) >= 11 is 6.14. The Morgan fingerprint density at radius 1 is 1.20 bits per heavy atom. The molecule has 0 aliphatic rings. The first-order chi connectivity index (χ1) is 14.5. The van der Waals surface area contributed by atoms with Crippen LogP contribution in [-0.4, -0.2) is 58.4 Å². The Bertz CT molecular complexity index is 1040. The van der Waals surface area contributed by atoms with Crippen LogP contribution >= 0.6 is 11.6 Å². The van der Waals surface area contributed by atoms with E-state index < -0.39 is 5.91 Å². The van der Waals surface area contributed by atoms with Gasteiger partial charge in [-0.05, 0) is 26.0 Å². The van der Waals surface area contributed by atoms with E-state index in [2.05, 4.69) is 30.5 Å². The maximum atomic E-state index is 12.7. The zero-order chi connectivity index (χ0) is 21.7. The zero-order valence-electron chi connectivity index (χ0n) is 17.1. The Morgan fingerprint density at radius 2 is 1.97 bits per heavy atom. The molecule has 0 saturated carbocycles. The summed E-state index contributed by atoms with van der Waals surface area (Å²) in [4.78, 5) is 27.4. The van der Waals surface area contributed by atoms with Crippen LogP contribution in [0.3, 0.4) is 0 Å². The lowest BCUT2D eigenvalue weighted by Crippen LogP contribution is -2.26. The van der Waals surface area contributed by atoms with Crippen molar-refractivity contribution in [2.45, 2.75) is 13.8 Å². The molecule has 0 radical (unpaired) electrons. The smallest absolute Gasteiger partial charge is 0.278 e. The molecule has 3 aromatic rings. The molecule has 0 fully saturated rings. The standard InChI is InChI=1S/C19H22ClN7O3/c1-5-27(6-2)19-21-10-13(20)15(22-19)17(28)24-18-23-16(25-26-18)12-8-7-11(29-3)9-14(12)30-4/h7-10H,5-6H2,1-4H3,(H2,23,24,25,26,28). The highest BCUT2D eigenvalue weighted by Crippen LogP contribution is 2.31. The molecule has 1 amide bonds. The van der Waals surface area contributed by atoms with Gasteiger partial charge in [-0.1, -0.05) is 11.6 Å². The number of ether oxygens (including phenoxy) is 2. The van der Waals surface area contributed by atoms with E-state index in [0.717, 1.165) is 0 Å². The minimum atomic E-state index is -0.539. The van der Waals surface area contributed by atoms with Crippen molar-refractivity contribution in [3.63, 3.8) is 0 Å². The Kier molecular flexibility index (Phi) is 6.68. The summed E-state index contributed by atoms with van der Waals surface area (Å²) in [5, 5.41) is 9.56. The molecule has 1 aromatic carbocycles. The summed E-state index contributed by atoms with van der Waals surface area (Å²) in [6.45, 7) is 5.36. The molecule has 11 heteroatoms. The van der Waals surface area contributed by atoms with Crippen LogP contribution in [0.2, 0.25) is 5.02 Å². The second-order valence-corrected chi connectivity index (χ2v) is 6.47. The molecule has 0 aliphatic carbocycles. The summed E-state index contributed by atoms with van der Waals surface area (Å²) in [5.41, 5.74) is 0.706. The first-order valence-electron chi connectivity index (χ1n) is 9.24. The lowest BCUT2D eigenvalue weighted by Gasteiger charge is -2.18. The highest BCUT2D eigenvalue weighted by Gasteiger charge is 2.19. The van der Waals surface area contributed by atoms with Crippen molar-refractivity contribution < 1.29 is 14.3 Å². The number of nitrogens with zero attached hydrogens (tertiary/aromatic N) is 5. The fourth-order valence-corrected chi connectivity index (χ4v) is 2.95. The number of aromatic nitrogens is 5. The number of carbonyl (C=O) groups excluding carboxylic acids is 1. The Hall–Kier alpha value is -3.40. The minimum Gasteiger partial charge on any atom is -0.497 e. The number of amides is 1. The number of methoxy groups -OCH3 is 2. The molecule has 2 heterocycles. The largest absolute Gasteiger partial charge is 0.497 e. The quantitative estimate of drug-likeness (QED) is 0.558. The SMILES string of the molecule is CCN(CC)c1ncc(Cl)c(C(=O)Nc2n[nH]c(-c3ccc(OC)cc3OC)n2)n1. The molecular formula is C19H22ClN7O3. The van der Waals surface area contributed by atoms with Crippen molar-refractivity contribution in [1.29, 1.82) is 0 Å². The van der Waals surface area contributed by atoms with Gasteiger partial charge in [0.15, 0.2) is 11.5 Å². The highest BCUT2D eigenvalue weighted by molar-refractivity contribution is 6.33. The van der Waals surface area contributed by atoms with Gasteiger partial charge in [-0.25, -0.2) is 9.97 Å². The summed E-state index contributed by atoms with van der Waals surface area (Å²) in [6.07, 6.45) is 1.41. The fraction of sp³-hybridized carbons (Fsp3) is 0.316. The van der Waals surface area contributed by atoms with Crippen LogP contribution in [0.25, 0.3) is 11.4 Å². The average Bonchev–Trinajstić information content (AvgIpc) is 3.23. The molecule has 30 heavy (non-hydrogen) atoms. The molecule has 2 N–H and O–H groups in total. The van der Waals surface area contributed by atoms with Crippen LogP contribution in [0.4, 0.5) is 11.9 Å². The molecule has 3 rings (SSSR count). The fourth-order valence-electron chi connectivity index (χ4n) is 2.77. The van der Waals surface area contributed by atoms with Gasteiger partial charge in [0.25, 0.3) is 5.91 Å². The number of nitrogens with one attached hydrogen (secondary N) is 2. The van der Waals surface area contributed by atoms with Gasteiger partial charge in [0.05, 0.1) is 31.0 Å². The number of halogens is 1. The molecule has 0 bridgehead atoms. The van der Waals surface area contributed by atoms with Crippen LogP contribution < -0.4 is 19.7 Å². The molecule has 0 spiro atoms. The minimum absolute atomic E-state index is 0.0435. The van der Waals surface area contributed by atoms with Gasteiger partial charge >= 0.3 is 0 Å². The number of anilines is 2. The monoisotopic (exact) mass is 431 g/mol. The van der Waals surface area contributed by atoms with Crippen LogP contribution in [0.15, 0.2) is 24.4 Å². The van der Waals surface area contributed by atoms with Gasteiger partial charge in [-0.15, -0.1) is 5.10 Å². The van der Waals surface area contributed by atoms with Gasteiger partial charge in [0.1, 0.15) is 11.5 Å². The molecule has 10 nitrogen and oxygen atoms in total. The van der Waals surface area contributed by atoms with Gasteiger partial charge in [-0.2, -0.15) is 4.98 Å². The molecule has 0 aliphatic heterocycles. The van der Waals surface area contributed by atoms with Crippen molar-refractivity contribution >= 4 is 29.4 Å². The van der Waals surface area contributed by atoms with Crippen molar-refractivity contribution in [1.82, 2.24) is 25.1 Å². The first kappa shape index (κ1) is 21.3. The third kappa shape index (κ3) is 4.43. The van der Waals surface area contributed by atoms with Crippen LogP contribution in [-0.2, 0) is 0 Å². The van der Waals surface area contributed by atoms with E-state index in [1.807, 2.05) is 18.7 Å². The van der Waals surface area contributed by atoms with Gasteiger partial charge < -0.3 is 14.4 Å². The van der Waals surface area contributed by atoms with Crippen molar-refractivity contribution in [3.05, 3.63) is 35.1 Å². The average molecular weight is 432 g/mol. The third-order valence-electron chi connectivity index (χ3n) is 4.37. The molecule has 0 unspecified atom stereocenters. The maximum absolute atomic E-state index is 12.7. The number of hydrogen-bond acceptors (Lipinski definition) is 8. The Labute approximate surface area is 178 Å². The second kappa shape index (κ2) is 9.40. The van der Waals surface area contributed by atoms with Gasteiger partial charge in [-0.3, -0.25) is 15.2 Å². The van der Waals surface area contributed by atoms with E-state index in [4.69, 9.17) is 21.1 Å². The molecule has 0 saturated heterocycles. The summed E-state index contributed by atoms with van der Waals surface area (Å²) in [5.74, 6) is 1.57. The number of rotatable bonds is 8. The summed E-state index contributed by atoms with van der Waals surface area (Å²) in [7, 11) is 3.11. The number of hydrogen-bond donors (Lipinski definition) is 2. The van der Waals surface area contributed by atoms with Crippen molar-refractivity contribution in [2.24, 2.45) is 0 Å². The molecular weight excluding hydrogens is 410 g/mol. The van der Waals surface area contributed by atoms with E-state index in [1.54, 1.807) is 32.4 Å². The Morgan fingerprint density at radius 3 is 2.63 bits per heavy atom. The van der Waals surface area contributed by atoms with Crippen LogP contribution in [0.5, 0.6) is 11.5 Å². The number of benzene rings is 1. The van der Waals surface area contributed by atoms with Gasteiger partial charge in [0, 0.05) is 19.2 Å². The summed E-state index contributed by atoms with van der Waals surface area (Å²) in [6, 6.07) is 5.28. The van der Waals surface area contributed by atoms with E-state index in [-0.39, 0.29) is 16.7 Å². The second-order valence-electron chi connectivity index (χ2n) is 6.07. The first-order valence-corrected chi connectivity index (χ1v) is 9.62. The number of H-pyrrole nitrogens is 1. The van der Waals surface area contributed by atoms with Crippen molar-refractivity contribution in [2.75, 3.05) is 37.5 Å². The normalized spacial score (nSPS) is 10.6. The predicted molar refractivity (Wildman–Crippen MR) is 113 cm³/mol. The number of carbonyl (C=O) groups is 1.